The molecule has 0 unspecified atom stereocenters. The molecular formula is C9H15F5N2O. The second kappa shape index (κ2) is 4.75. The maximum atomic E-state index is 12.5. The first kappa shape index (κ1) is 16.1. The number of nitrogens with one attached hydrogen (secondary N) is 1. The van der Waals surface area contributed by atoms with Crippen LogP contribution in [-0.4, -0.2) is 49.1 Å². The highest BCUT2D eigenvalue weighted by atomic mass is 19.4. The van der Waals surface area contributed by atoms with E-state index in [-0.39, 0.29) is 6.54 Å². The third-order valence-electron chi connectivity index (χ3n) is 2.53. The van der Waals surface area contributed by atoms with Crippen LogP contribution in [0.15, 0.2) is 0 Å². The van der Waals surface area contributed by atoms with Crippen LogP contribution in [0.3, 0.4) is 0 Å². The Morgan fingerprint density at radius 3 is 1.82 bits per heavy atom. The quantitative estimate of drug-likeness (QED) is 0.781. The van der Waals surface area contributed by atoms with Gasteiger partial charge >= 0.3 is 12.1 Å². The van der Waals surface area contributed by atoms with Crippen molar-refractivity contribution < 1.29 is 26.7 Å². The van der Waals surface area contributed by atoms with Gasteiger partial charge in [-0.1, -0.05) is 0 Å². The summed E-state index contributed by atoms with van der Waals surface area (Å²) in [6.07, 6.45) is -5.88. The van der Waals surface area contributed by atoms with Gasteiger partial charge in [0.15, 0.2) is 0 Å². The molecule has 0 saturated heterocycles. The normalized spacial score (nSPS) is 14.0. The smallest absolute Gasteiger partial charge is 0.349 e. The van der Waals surface area contributed by atoms with Crippen LogP contribution in [0.25, 0.3) is 0 Å². The summed E-state index contributed by atoms with van der Waals surface area (Å²) in [6, 6.07) is 0. The molecule has 17 heavy (non-hydrogen) atoms. The summed E-state index contributed by atoms with van der Waals surface area (Å²) >= 11 is 0. The number of hydrogen-bond donors (Lipinski definition) is 1. The minimum atomic E-state index is -5.88. The van der Waals surface area contributed by atoms with Gasteiger partial charge in [0.05, 0.1) is 0 Å². The fourth-order valence-electron chi connectivity index (χ4n) is 0.694. The van der Waals surface area contributed by atoms with Crippen molar-refractivity contribution in [2.45, 2.75) is 31.5 Å². The molecule has 0 aliphatic rings. The zero-order valence-corrected chi connectivity index (χ0v) is 9.95. The largest absolute Gasteiger partial charge is 0.463 e. The van der Waals surface area contributed by atoms with Crippen LogP contribution >= 0.6 is 0 Å². The van der Waals surface area contributed by atoms with Gasteiger partial charge in [-0.3, -0.25) is 4.79 Å². The SMILES string of the molecule is CN(C)C(C)(C)CNC(=O)C(F)(F)C(F)(F)F. The van der Waals surface area contributed by atoms with Crippen molar-refractivity contribution in [2.75, 3.05) is 20.6 Å². The van der Waals surface area contributed by atoms with Crippen molar-refractivity contribution in [3.05, 3.63) is 0 Å². The Morgan fingerprint density at radius 1 is 1.12 bits per heavy atom. The summed E-state index contributed by atoms with van der Waals surface area (Å²) < 4.78 is 60.6. The Kier molecular flexibility index (Phi) is 4.50. The van der Waals surface area contributed by atoms with Crippen LogP contribution in [-0.2, 0) is 4.79 Å². The molecule has 0 rings (SSSR count). The second-order valence-corrected chi connectivity index (χ2v) is 4.46. The average Bonchev–Trinajstić information content (AvgIpc) is 2.12. The van der Waals surface area contributed by atoms with E-state index in [9.17, 15) is 26.7 Å². The standard InChI is InChI=1S/C9H15F5N2O/c1-7(2,16(3)4)5-15-6(17)8(10,11)9(12,13)14/h5H2,1-4H3,(H,15,17). The van der Waals surface area contributed by atoms with Crippen LogP contribution in [0.4, 0.5) is 22.0 Å². The maximum absolute atomic E-state index is 12.5. The van der Waals surface area contributed by atoms with Crippen molar-refractivity contribution in [3.63, 3.8) is 0 Å². The molecule has 8 heteroatoms. The molecule has 0 aliphatic carbocycles. The number of carbonyl (C=O) groups excluding carboxylic acids is 1. The lowest BCUT2D eigenvalue weighted by Gasteiger charge is -2.33. The van der Waals surface area contributed by atoms with Gasteiger partial charge in [0, 0.05) is 12.1 Å². The summed E-state index contributed by atoms with van der Waals surface area (Å²) in [6.45, 7) is 2.88. The first-order valence-corrected chi connectivity index (χ1v) is 4.72. The minimum Gasteiger partial charge on any atom is -0.349 e. The van der Waals surface area contributed by atoms with Crippen molar-refractivity contribution in [2.24, 2.45) is 0 Å². The predicted molar refractivity (Wildman–Crippen MR) is 51.8 cm³/mol. The Hall–Kier alpha value is -0.920. The zero-order chi connectivity index (χ0) is 14.1. The third-order valence-corrected chi connectivity index (χ3v) is 2.53. The molecule has 0 aromatic heterocycles. The fraction of sp³-hybridized carbons (Fsp3) is 0.889. The number of rotatable bonds is 4. The average molecular weight is 262 g/mol. The number of hydrogen-bond acceptors (Lipinski definition) is 2. The summed E-state index contributed by atoms with van der Waals surface area (Å²) in [4.78, 5) is 12.4. The van der Waals surface area contributed by atoms with Gasteiger partial charge in [0.2, 0.25) is 0 Å². The lowest BCUT2D eigenvalue weighted by Crippen LogP contribution is -2.55. The number of halogens is 5. The van der Waals surface area contributed by atoms with Crippen LogP contribution in [0, 0.1) is 0 Å². The van der Waals surface area contributed by atoms with Crippen LogP contribution < -0.4 is 5.32 Å². The van der Waals surface area contributed by atoms with Crippen molar-refractivity contribution in [1.82, 2.24) is 10.2 Å². The van der Waals surface area contributed by atoms with Crippen LogP contribution in [0.5, 0.6) is 0 Å². The molecule has 0 heterocycles. The van der Waals surface area contributed by atoms with E-state index in [1.807, 2.05) is 0 Å². The molecule has 0 aromatic carbocycles. The molecule has 0 spiro atoms. The maximum Gasteiger partial charge on any atom is 0.463 e. The van der Waals surface area contributed by atoms with E-state index >= 15 is 0 Å². The zero-order valence-electron chi connectivity index (χ0n) is 9.95. The van der Waals surface area contributed by atoms with Crippen molar-refractivity contribution in [3.8, 4) is 0 Å². The molecule has 3 nitrogen and oxygen atoms in total. The molecule has 102 valence electrons. The second-order valence-electron chi connectivity index (χ2n) is 4.46. The summed E-state index contributed by atoms with van der Waals surface area (Å²) in [5.74, 6) is -7.70. The van der Waals surface area contributed by atoms with E-state index in [1.54, 1.807) is 38.2 Å². The highest BCUT2D eigenvalue weighted by Gasteiger charge is 2.63. The Morgan fingerprint density at radius 2 is 1.53 bits per heavy atom. The first-order valence-electron chi connectivity index (χ1n) is 4.72. The van der Waals surface area contributed by atoms with E-state index in [1.165, 1.54) is 0 Å². The molecular weight excluding hydrogens is 247 g/mol. The molecule has 0 fully saturated rings. The minimum absolute atomic E-state index is 0.315. The molecule has 0 bridgehead atoms. The van der Waals surface area contributed by atoms with E-state index < -0.39 is 23.5 Å². The molecule has 0 radical (unpaired) electrons. The van der Waals surface area contributed by atoms with Gasteiger partial charge in [0.1, 0.15) is 0 Å². The number of carbonyl (C=O) groups is 1. The van der Waals surface area contributed by atoms with Gasteiger partial charge in [-0.15, -0.1) is 0 Å². The van der Waals surface area contributed by atoms with Gasteiger partial charge in [-0.05, 0) is 27.9 Å². The number of likely N-dealkylation sites (N-methyl/N-ethyl adjacent to an activating group) is 1. The highest BCUT2D eigenvalue weighted by molar-refractivity contribution is 5.84. The van der Waals surface area contributed by atoms with E-state index in [0.717, 1.165) is 0 Å². The summed E-state index contributed by atoms with van der Waals surface area (Å²) in [7, 11) is 3.24. The number of amides is 1. The third kappa shape index (κ3) is 3.79. The number of nitrogens with zero attached hydrogens (tertiary/aromatic N) is 1. The summed E-state index contributed by atoms with van der Waals surface area (Å²) in [5.41, 5.74) is -0.725. The van der Waals surface area contributed by atoms with E-state index in [2.05, 4.69) is 0 Å². The van der Waals surface area contributed by atoms with Gasteiger partial charge in [0.25, 0.3) is 5.91 Å². The fourth-order valence-corrected chi connectivity index (χ4v) is 0.694. The lowest BCUT2D eigenvalue weighted by atomic mass is 10.0. The van der Waals surface area contributed by atoms with Crippen molar-refractivity contribution >= 4 is 5.91 Å². The molecule has 0 aromatic rings. The van der Waals surface area contributed by atoms with Crippen LogP contribution in [0.1, 0.15) is 13.8 Å². The van der Waals surface area contributed by atoms with E-state index in [0.29, 0.717) is 0 Å². The first-order chi connectivity index (χ1) is 7.32. The predicted octanol–water partition coefficient (Wildman–Crippen LogP) is 1.64. The molecule has 0 atom stereocenters. The molecule has 0 aliphatic heterocycles. The topological polar surface area (TPSA) is 32.3 Å². The lowest BCUT2D eigenvalue weighted by molar-refractivity contribution is -0.269. The Balaban J connectivity index is 4.59. The molecule has 1 N–H and O–H groups in total. The van der Waals surface area contributed by atoms with E-state index in [4.69, 9.17) is 0 Å². The van der Waals surface area contributed by atoms with Gasteiger partial charge < -0.3 is 10.2 Å². The Labute approximate surface area is 96.0 Å². The van der Waals surface area contributed by atoms with Gasteiger partial charge in [-0.25, -0.2) is 0 Å². The molecule has 1 amide bonds. The molecule has 0 saturated carbocycles. The van der Waals surface area contributed by atoms with Gasteiger partial charge in [-0.2, -0.15) is 22.0 Å². The monoisotopic (exact) mass is 262 g/mol. The van der Waals surface area contributed by atoms with Crippen LogP contribution in [0.2, 0.25) is 0 Å². The number of alkyl halides is 5. The van der Waals surface area contributed by atoms with Crippen molar-refractivity contribution in [1.29, 1.82) is 0 Å². The Bertz CT molecular complexity index is 286. The highest BCUT2D eigenvalue weighted by Crippen LogP contribution is 2.35. The summed E-state index contributed by atoms with van der Waals surface area (Å²) in [5, 5.41) is 1.60.